The molecule has 1 fully saturated rings. The molecule has 3 aromatic rings. The molecule has 1 atom stereocenters. The fourth-order valence-corrected chi connectivity index (χ4v) is 3.09. The number of halogens is 1. The van der Waals surface area contributed by atoms with Crippen LogP contribution in [0.15, 0.2) is 61.2 Å². The van der Waals surface area contributed by atoms with E-state index >= 15 is 0 Å². The van der Waals surface area contributed by atoms with E-state index in [2.05, 4.69) is 15.4 Å². The summed E-state index contributed by atoms with van der Waals surface area (Å²) in [5, 5.41) is 6.57. The topological polar surface area (TPSA) is 80.1 Å². The summed E-state index contributed by atoms with van der Waals surface area (Å²) >= 11 is 0. The number of nitrogens with zero attached hydrogens (tertiary/aromatic N) is 4. The molecule has 2 amide bonds. The largest absolute Gasteiger partial charge is 0.326 e. The number of para-hydroxylation sites is 1. The van der Waals surface area contributed by atoms with Gasteiger partial charge < -0.3 is 10.2 Å². The van der Waals surface area contributed by atoms with Crippen molar-refractivity contribution >= 4 is 23.2 Å². The van der Waals surface area contributed by atoms with E-state index in [0.717, 1.165) is 5.69 Å². The van der Waals surface area contributed by atoms with Gasteiger partial charge in [-0.1, -0.05) is 18.2 Å². The molecule has 0 saturated carbocycles. The molecule has 27 heavy (non-hydrogen) atoms. The van der Waals surface area contributed by atoms with Crippen molar-refractivity contribution < 1.29 is 14.0 Å². The maximum atomic E-state index is 14.3. The molecule has 0 radical (unpaired) electrons. The minimum absolute atomic E-state index is 0.103. The van der Waals surface area contributed by atoms with E-state index in [1.54, 1.807) is 11.0 Å². The van der Waals surface area contributed by atoms with Gasteiger partial charge in [0.05, 0.1) is 5.92 Å². The lowest BCUT2D eigenvalue weighted by Gasteiger charge is -2.16. The van der Waals surface area contributed by atoms with Crippen LogP contribution in [0.2, 0.25) is 0 Å². The van der Waals surface area contributed by atoms with Gasteiger partial charge in [0.1, 0.15) is 18.3 Å². The van der Waals surface area contributed by atoms with Gasteiger partial charge in [-0.25, -0.2) is 14.1 Å². The van der Waals surface area contributed by atoms with Crippen molar-refractivity contribution in [3.63, 3.8) is 0 Å². The van der Waals surface area contributed by atoms with Crippen molar-refractivity contribution in [3.05, 3.63) is 67.0 Å². The summed E-state index contributed by atoms with van der Waals surface area (Å²) in [5.41, 5.74) is 1.32. The van der Waals surface area contributed by atoms with Crippen LogP contribution in [0.1, 0.15) is 6.42 Å². The molecule has 1 aromatic heterocycles. The third-order valence-electron chi connectivity index (χ3n) is 4.44. The maximum absolute atomic E-state index is 14.3. The highest BCUT2D eigenvalue weighted by Crippen LogP contribution is 2.26. The first kappa shape index (κ1) is 16.9. The predicted molar refractivity (Wildman–Crippen MR) is 96.8 cm³/mol. The Balaban J connectivity index is 1.45. The van der Waals surface area contributed by atoms with E-state index < -0.39 is 11.7 Å². The highest BCUT2D eigenvalue weighted by molar-refractivity contribution is 6.03. The second-order valence-electron chi connectivity index (χ2n) is 6.24. The zero-order chi connectivity index (χ0) is 18.8. The summed E-state index contributed by atoms with van der Waals surface area (Å²) in [7, 11) is 0. The predicted octanol–water partition coefficient (Wildman–Crippen LogP) is 2.40. The second-order valence-corrected chi connectivity index (χ2v) is 6.24. The molecule has 8 heteroatoms. The lowest BCUT2D eigenvalue weighted by Crippen LogP contribution is -2.28. The summed E-state index contributed by atoms with van der Waals surface area (Å²) in [6.45, 7) is 0.300. The average Bonchev–Trinajstić information content (AvgIpc) is 3.32. The van der Waals surface area contributed by atoms with Crippen LogP contribution >= 0.6 is 0 Å². The Labute approximate surface area is 154 Å². The minimum atomic E-state index is -0.535. The van der Waals surface area contributed by atoms with E-state index in [1.807, 2.05) is 30.3 Å². The molecule has 136 valence electrons. The first-order chi connectivity index (χ1) is 13.1. The van der Waals surface area contributed by atoms with Crippen LogP contribution < -0.4 is 10.2 Å². The van der Waals surface area contributed by atoms with Gasteiger partial charge in [0.15, 0.2) is 5.82 Å². The number of amides is 2. The van der Waals surface area contributed by atoms with Crippen LogP contribution in [-0.4, -0.2) is 33.1 Å². The smallest absolute Gasteiger partial charge is 0.229 e. The first-order valence-corrected chi connectivity index (χ1v) is 8.42. The molecule has 1 saturated heterocycles. The fraction of sp³-hybridized carbons (Fsp3) is 0.158. The zero-order valence-corrected chi connectivity index (χ0v) is 14.2. The minimum Gasteiger partial charge on any atom is -0.326 e. The Bertz CT molecular complexity index is 975. The summed E-state index contributed by atoms with van der Waals surface area (Å²) in [4.78, 5) is 30.1. The molecule has 1 aliphatic heterocycles. The van der Waals surface area contributed by atoms with Gasteiger partial charge in [0, 0.05) is 24.3 Å². The lowest BCUT2D eigenvalue weighted by molar-refractivity contribution is -0.122. The number of aromatic nitrogens is 3. The van der Waals surface area contributed by atoms with Crippen molar-refractivity contribution in [3.8, 4) is 5.69 Å². The third-order valence-corrected chi connectivity index (χ3v) is 4.44. The molecule has 2 aromatic carbocycles. The summed E-state index contributed by atoms with van der Waals surface area (Å²) in [6, 6.07) is 13.5. The Hall–Kier alpha value is -3.55. The van der Waals surface area contributed by atoms with Gasteiger partial charge in [-0.2, -0.15) is 5.10 Å². The van der Waals surface area contributed by atoms with Crippen LogP contribution in [-0.2, 0) is 9.59 Å². The molecular formula is C19H16FN5O2. The number of carbonyl (C=O) groups excluding carboxylic acids is 2. The lowest BCUT2D eigenvalue weighted by atomic mass is 10.1. The Kier molecular flexibility index (Phi) is 4.37. The van der Waals surface area contributed by atoms with Crippen molar-refractivity contribution in [2.75, 3.05) is 16.8 Å². The van der Waals surface area contributed by atoms with Crippen LogP contribution in [0.5, 0.6) is 0 Å². The fourth-order valence-electron chi connectivity index (χ4n) is 3.09. The van der Waals surface area contributed by atoms with E-state index in [9.17, 15) is 14.0 Å². The number of benzene rings is 2. The second kappa shape index (κ2) is 6.99. The molecule has 7 nitrogen and oxygen atoms in total. The van der Waals surface area contributed by atoms with Crippen molar-refractivity contribution in [1.29, 1.82) is 0 Å². The van der Waals surface area contributed by atoms with Crippen molar-refractivity contribution in [2.24, 2.45) is 5.92 Å². The summed E-state index contributed by atoms with van der Waals surface area (Å²) in [5.74, 6) is -1.44. The first-order valence-electron chi connectivity index (χ1n) is 8.42. The van der Waals surface area contributed by atoms with Crippen LogP contribution in [0, 0.1) is 11.7 Å². The number of nitrogens with one attached hydrogen (secondary N) is 1. The monoisotopic (exact) mass is 365 g/mol. The molecule has 1 unspecified atom stereocenters. The van der Waals surface area contributed by atoms with E-state index in [-0.39, 0.29) is 23.9 Å². The van der Waals surface area contributed by atoms with Crippen LogP contribution in [0.25, 0.3) is 5.69 Å². The Morgan fingerprint density at radius 3 is 2.70 bits per heavy atom. The maximum Gasteiger partial charge on any atom is 0.229 e. The number of rotatable bonds is 4. The molecule has 0 bridgehead atoms. The molecule has 2 heterocycles. The molecule has 4 rings (SSSR count). The average molecular weight is 365 g/mol. The SMILES string of the molecule is O=C(Nc1ccc(-n2cncn2)c(F)c1)C1CC(=O)N(c2ccccc2)C1. The highest BCUT2D eigenvalue weighted by Gasteiger charge is 2.35. The van der Waals surface area contributed by atoms with E-state index in [0.29, 0.717) is 12.2 Å². The van der Waals surface area contributed by atoms with Crippen molar-refractivity contribution in [2.45, 2.75) is 6.42 Å². The summed E-state index contributed by atoms with van der Waals surface area (Å²) < 4.78 is 15.6. The van der Waals surface area contributed by atoms with E-state index in [4.69, 9.17) is 0 Å². The number of anilines is 2. The Morgan fingerprint density at radius 2 is 2.00 bits per heavy atom. The van der Waals surface area contributed by atoms with Gasteiger partial charge in [0.25, 0.3) is 0 Å². The number of carbonyl (C=O) groups is 2. The normalized spacial score (nSPS) is 16.6. The highest BCUT2D eigenvalue weighted by atomic mass is 19.1. The quantitative estimate of drug-likeness (QED) is 0.770. The van der Waals surface area contributed by atoms with Gasteiger partial charge in [-0.3, -0.25) is 9.59 Å². The molecular weight excluding hydrogens is 349 g/mol. The molecule has 0 aliphatic carbocycles. The number of hydrogen-bond donors (Lipinski definition) is 1. The number of hydrogen-bond acceptors (Lipinski definition) is 4. The third kappa shape index (κ3) is 3.41. The molecule has 1 aliphatic rings. The zero-order valence-electron chi connectivity index (χ0n) is 14.2. The van der Waals surface area contributed by atoms with Gasteiger partial charge in [-0.05, 0) is 30.3 Å². The van der Waals surface area contributed by atoms with Crippen LogP contribution in [0.4, 0.5) is 15.8 Å². The van der Waals surface area contributed by atoms with Gasteiger partial charge in [-0.15, -0.1) is 0 Å². The molecule has 1 N–H and O–H groups in total. The standard InChI is InChI=1S/C19H16FN5O2/c20-16-9-14(6-7-17(16)25-12-21-11-22-25)23-19(27)13-8-18(26)24(10-13)15-4-2-1-3-5-15/h1-7,9,11-13H,8,10H2,(H,23,27). The summed E-state index contributed by atoms with van der Waals surface area (Å²) in [6.07, 6.45) is 2.82. The van der Waals surface area contributed by atoms with E-state index in [1.165, 1.54) is 29.5 Å². The van der Waals surface area contributed by atoms with Gasteiger partial charge >= 0.3 is 0 Å². The van der Waals surface area contributed by atoms with Gasteiger partial charge in [0.2, 0.25) is 11.8 Å². The molecule has 0 spiro atoms. The van der Waals surface area contributed by atoms with Crippen LogP contribution in [0.3, 0.4) is 0 Å². The Morgan fingerprint density at radius 1 is 1.19 bits per heavy atom. The van der Waals surface area contributed by atoms with Crippen molar-refractivity contribution in [1.82, 2.24) is 14.8 Å².